The van der Waals surface area contributed by atoms with Crippen LogP contribution in [0.15, 0.2) is 27.4 Å². The van der Waals surface area contributed by atoms with Crippen LogP contribution in [0, 0.1) is 0 Å². The van der Waals surface area contributed by atoms with Crippen molar-refractivity contribution in [3.63, 3.8) is 0 Å². The van der Waals surface area contributed by atoms with Crippen molar-refractivity contribution in [2.45, 2.75) is 0 Å². The Balaban J connectivity index is 2.97. The molecule has 0 atom stereocenters. The van der Waals surface area contributed by atoms with Crippen LogP contribution in [0.5, 0.6) is 0 Å². The summed E-state index contributed by atoms with van der Waals surface area (Å²) in [4.78, 5) is 43.6. The van der Waals surface area contributed by atoms with Crippen molar-refractivity contribution in [2.75, 3.05) is 0 Å². The third-order valence-electron chi connectivity index (χ3n) is 2.38. The maximum atomic E-state index is 11.4. The van der Waals surface area contributed by atoms with Crippen molar-refractivity contribution in [2.24, 2.45) is 0 Å². The van der Waals surface area contributed by atoms with Gasteiger partial charge >= 0.3 is 5.63 Å². The summed E-state index contributed by atoms with van der Waals surface area (Å²) in [5.41, 5.74) is -0.809. The van der Waals surface area contributed by atoms with Gasteiger partial charge in [0.15, 0.2) is 12.6 Å². The first-order valence-electron chi connectivity index (χ1n) is 4.67. The van der Waals surface area contributed by atoms with E-state index in [0.717, 1.165) is 0 Å². The predicted molar refractivity (Wildman–Crippen MR) is 58.6 cm³/mol. The van der Waals surface area contributed by atoms with Gasteiger partial charge in [0.2, 0.25) is 0 Å². The monoisotopic (exact) mass is 230 g/mol. The quantitative estimate of drug-likeness (QED) is 0.585. The zero-order chi connectivity index (χ0) is 12.4. The lowest BCUT2D eigenvalue weighted by molar-refractivity contribution is 0.109. The van der Waals surface area contributed by atoms with Gasteiger partial charge in [0.05, 0.1) is 0 Å². The fraction of sp³-hybridized carbons (Fsp3) is 0. The summed E-state index contributed by atoms with van der Waals surface area (Å²) in [5, 5.41) is 0.326. The molecule has 1 heterocycles. The summed E-state index contributed by atoms with van der Waals surface area (Å²) >= 11 is 0. The minimum absolute atomic E-state index is 0.0244. The number of hydrogen-bond donors (Lipinski definition) is 0. The molecule has 0 bridgehead atoms. The van der Waals surface area contributed by atoms with E-state index in [1.807, 2.05) is 0 Å². The lowest BCUT2D eigenvalue weighted by atomic mass is 10.1. The van der Waals surface area contributed by atoms with E-state index in [4.69, 9.17) is 4.42 Å². The second-order valence-corrected chi connectivity index (χ2v) is 3.33. The largest absolute Gasteiger partial charge is 0.422 e. The molecular formula is C12H6O5. The van der Waals surface area contributed by atoms with Gasteiger partial charge in [-0.1, -0.05) is 6.07 Å². The van der Waals surface area contributed by atoms with Crippen LogP contribution in [0.3, 0.4) is 0 Å². The molecule has 0 aliphatic carbocycles. The number of carbonyl (C=O) groups excluding carboxylic acids is 3. The Labute approximate surface area is 94.7 Å². The van der Waals surface area contributed by atoms with Gasteiger partial charge in [0, 0.05) is 16.5 Å². The van der Waals surface area contributed by atoms with Gasteiger partial charge in [-0.25, -0.2) is 4.79 Å². The molecule has 0 saturated carbocycles. The summed E-state index contributed by atoms with van der Waals surface area (Å²) in [5.74, 6) is 0. The summed E-state index contributed by atoms with van der Waals surface area (Å²) in [6.07, 6.45) is 1.29. The molecule has 84 valence electrons. The van der Waals surface area contributed by atoms with Gasteiger partial charge in [0.1, 0.15) is 17.4 Å². The van der Waals surface area contributed by atoms with Crippen molar-refractivity contribution in [1.82, 2.24) is 0 Å². The lowest BCUT2D eigenvalue weighted by Gasteiger charge is -2.02. The van der Waals surface area contributed by atoms with Gasteiger partial charge in [-0.2, -0.15) is 0 Å². The molecule has 0 amide bonds. The standard InChI is InChI=1S/C12H6O5/c13-4-7-1-2-8-9(5-14)10(6-15)12(16)17-11(8)3-7/h1-6H. The molecule has 0 fully saturated rings. The van der Waals surface area contributed by atoms with Crippen molar-refractivity contribution in [3.8, 4) is 0 Å². The molecule has 0 aliphatic heterocycles. The molecule has 1 aromatic carbocycles. The highest BCUT2D eigenvalue weighted by Crippen LogP contribution is 2.18. The highest BCUT2D eigenvalue weighted by Gasteiger charge is 2.13. The fourth-order valence-corrected chi connectivity index (χ4v) is 1.57. The Kier molecular flexibility index (Phi) is 2.66. The number of aldehydes is 3. The van der Waals surface area contributed by atoms with Crippen LogP contribution in [-0.2, 0) is 0 Å². The summed E-state index contributed by atoms with van der Waals surface area (Å²) in [6.45, 7) is 0. The van der Waals surface area contributed by atoms with E-state index < -0.39 is 5.63 Å². The number of hydrogen-bond acceptors (Lipinski definition) is 5. The first-order chi connectivity index (χ1) is 8.21. The third-order valence-corrected chi connectivity index (χ3v) is 2.38. The van der Waals surface area contributed by atoms with E-state index >= 15 is 0 Å². The van der Waals surface area contributed by atoms with Crippen LogP contribution in [0.4, 0.5) is 0 Å². The molecule has 5 heteroatoms. The summed E-state index contributed by atoms with van der Waals surface area (Å²) in [7, 11) is 0. The first-order valence-corrected chi connectivity index (χ1v) is 4.67. The van der Waals surface area contributed by atoms with Crippen LogP contribution < -0.4 is 5.63 Å². The molecule has 17 heavy (non-hydrogen) atoms. The van der Waals surface area contributed by atoms with Crippen LogP contribution in [-0.4, -0.2) is 18.9 Å². The van der Waals surface area contributed by atoms with Crippen LogP contribution in [0.2, 0.25) is 0 Å². The minimum atomic E-state index is -0.891. The number of fused-ring (bicyclic) bond motifs is 1. The van der Waals surface area contributed by atoms with Crippen LogP contribution in [0.25, 0.3) is 11.0 Å². The normalized spacial score (nSPS) is 10.1. The Morgan fingerprint density at radius 3 is 2.24 bits per heavy atom. The minimum Gasteiger partial charge on any atom is -0.422 e. The third kappa shape index (κ3) is 1.67. The zero-order valence-corrected chi connectivity index (χ0v) is 8.51. The second kappa shape index (κ2) is 4.13. The SMILES string of the molecule is O=Cc1ccc2c(C=O)c(C=O)c(=O)oc2c1. The highest BCUT2D eigenvalue weighted by molar-refractivity contribution is 6.03. The van der Waals surface area contributed by atoms with E-state index in [1.165, 1.54) is 18.2 Å². The van der Waals surface area contributed by atoms with Crippen molar-refractivity contribution in [1.29, 1.82) is 0 Å². The van der Waals surface area contributed by atoms with Crippen molar-refractivity contribution in [3.05, 3.63) is 45.3 Å². The molecule has 0 radical (unpaired) electrons. The Morgan fingerprint density at radius 1 is 0.941 bits per heavy atom. The maximum Gasteiger partial charge on any atom is 0.347 e. The molecular weight excluding hydrogens is 224 g/mol. The van der Waals surface area contributed by atoms with E-state index in [9.17, 15) is 19.2 Å². The second-order valence-electron chi connectivity index (χ2n) is 3.33. The number of benzene rings is 1. The highest BCUT2D eigenvalue weighted by atomic mass is 16.4. The summed E-state index contributed by atoms with van der Waals surface area (Å²) < 4.78 is 4.86. The predicted octanol–water partition coefficient (Wildman–Crippen LogP) is 1.23. The van der Waals surface area contributed by atoms with E-state index in [-0.39, 0.29) is 23.0 Å². The van der Waals surface area contributed by atoms with Gasteiger partial charge < -0.3 is 4.42 Å². The molecule has 0 unspecified atom stereocenters. The first kappa shape index (κ1) is 10.9. The van der Waals surface area contributed by atoms with Crippen molar-refractivity contribution >= 4 is 29.8 Å². The topological polar surface area (TPSA) is 81.4 Å². The molecule has 0 N–H and O–H groups in total. The van der Waals surface area contributed by atoms with Crippen LogP contribution in [0.1, 0.15) is 31.1 Å². The average molecular weight is 230 g/mol. The van der Waals surface area contributed by atoms with Crippen molar-refractivity contribution < 1.29 is 18.8 Å². The Hall–Kier alpha value is -2.56. The molecule has 0 saturated heterocycles. The van der Waals surface area contributed by atoms with Crippen LogP contribution >= 0.6 is 0 Å². The zero-order valence-electron chi connectivity index (χ0n) is 8.51. The van der Waals surface area contributed by atoms with Gasteiger partial charge in [-0.05, 0) is 12.1 Å². The van der Waals surface area contributed by atoms with E-state index in [2.05, 4.69) is 0 Å². The van der Waals surface area contributed by atoms with Gasteiger partial charge in [-0.15, -0.1) is 0 Å². The molecule has 2 aromatic rings. The summed E-state index contributed by atoms with van der Waals surface area (Å²) in [6, 6.07) is 4.26. The maximum absolute atomic E-state index is 11.4. The average Bonchev–Trinajstić information content (AvgIpc) is 2.36. The molecule has 0 aliphatic rings. The lowest BCUT2D eigenvalue weighted by Crippen LogP contribution is -2.10. The fourth-order valence-electron chi connectivity index (χ4n) is 1.57. The smallest absolute Gasteiger partial charge is 0.347 e. The number of rotatable bonds is 3. The molecule has 5 nitrogen and oxygen atoms in total. The van der Waals surface area contributed by atoms with Gasteiger partial charge in [-0.3, -0.25) is 14.4 Å². The van der Waals surface area contributed by atoms with E-state index in [0.29, 0.717) is 23.5 Å². The molecule has 2 rings (SSSR count). The Morgan fingerprint density at radius 2 is 1.65 bits per heavy atom. The van der Waals surface area contributed by atoms with Gasteiger partial charge in [0.25, 0.3) is 0 Å². The van der Waals surface area contributed by atoms with E-state index in [1.54, 1.807) is 0 Å². The Bertz CT molecular complexity index is 681. The number of carbonyl (C=O) groups is 3. The molecule has 1 aromatic heterocycles. The molecule has 0 spiro atoms.